The summed E-state index contributed by atoms with van der Waals surface area (Å²) < 4.78 is 0.884. The highest BCUT2D eigenvalue weighted by molar-refractivity contribution is 5.80. The number of benzene rings is 1. The molecule has 82 valence electrons. The summed E-state index contributed by atoms with van der Waals surface area (Å²) in [5, 5.41) is 0.418. The van der Waals surface area contributed by atoms with Crippen LogP contribution in [0.2, 0.25) is 0 Å². The molecular formula is C11H10N2O3. The molecule has 0 bridgehead atoms. The van der Waals surface area contributed by atoms with Crippen LogP contribution in [0.4, 0.5) is 0 Å². The number of carbonyl (C=O) groups excluding carboxylic acids is 1. The van der Waals surface area contributed by atoms with Crippen molar-refractivity contribution < 1.29 is 4.79 Å². The Morgan fingerprint density at radius 1 is 1.38 bits per heavy atom. The highest BCUT2D eigenvalue weighted by Gasteiger charge is 2.07. The van der Waals surface area contributed by atoms with Crippen LogP contribution in [0.3, 0.4) is 0 Å². The Hall–Kier alpha value is -2.17. The molecule has 2 rings (SSSR count). The van der Waals surface area contributed by atoms with E-state index in [-0.39, 0.29) is 6.54 Å². The molecule has 0 saturated heterocycles. The van der Waals surface area contributed by atoms with E-state index < -0.39 is 11.2 Å². The minimum absolute atomic E-state index is 0.224. The van der Waals surface area contributed by atoms with Gasteiger partial charge in [-0.3, -0.25) is 9.36 Å². The molecule has 0 aliphatic heterocycles. The zero-order valence-electron chi connectivity index (χ0n) is 8.69. The molecule has 0 unspecified atom stereocenters. The topological polar surface area (TPSA) is 71.9 Å². The highest BCUT2D eigenvalue weighted by Crippen LogP contribution is 2.09. The smallest absolute Gasteiger partial charge is 0.306 e. The van der Waals surface area contributed by atoms with Crippen LogP contribution in [0.1, 0.15) is 5.56 Å². The first-order chi connectivity index (χ1) is 7.65. The number of hydrogen-bond acceptors (Lipinski definition) is 3. The Morgan fingerprint density at radius 2 is 2.12 bits per heavy atom. The third-order valence-corrected chi connectivity index (χ3v) is 2.48. The Kier molecular flexibility index (Phi) is 2.44. The molecule has 0 radical (unpaired) electrons. The molecule has 0 aliphatic rings. The van der Waals surface area contributed by atoms with E-state index in [1.54, 1.807) is 12.1 Å². The molecule has 16 heavy (non-hydrogen) atoms. The van der Waals surface area contributed by atoms with Gasteiger partial charge in [-0.15, -0.1) is 0 Å². The average Bonchev–Trinajstić information content (AvgIpc) is 2.26. The second-order valence-corrected chi connectivity index (χ2v) is 3.51. The predicted octanol–water partition coefficient (Wildman–Crippen LogP) is 0.197. The summed E-state index contributed by atoms with van der Waals surface area (Å²) in [4.78, 5) is 36.4. The molecule has 5 nitrogen and oxygen atoms in total. The molecule has 1 heterocycles. The molecule has 0 saturated carbocycles. The number of H-pyrrole nitrogens is 1. The van der Waals surface area contributed by atoms with E-state index in [1.165, 1.54) is 0 Å². The normalized spacial score (nSPS) is 10.6. The molecule has 0 amide bonds. The highest BCUT2D eigenvalue weighted by atomic mass is 16.2. The number of para-hydroxylation sites is 1. The van der Waals surface area contributed by atoms with Crippen LogP contribution in [0.15, 0.2) is 27.8 Å². The van der Waals surface area contributed by atoms with Crippen LogP contribution in [0.5, 0.6) is 0 Å². The van der Waals surface area contributed by atoms with Gasteiger partial charge in [0.15, 0.2) is 0 Å². The lowest BCUT2D eigenvalue weighted by atomic mass is 10.1. The van der Waals surface area contributed by atoms with Crippen molar-refractivity contribution in [2.75, 3.05) is 0 Å². The van der Waals surface area contributed by atoms with Gasteiger partial charge in [-0.1, -0.05) is 12.1 Å². The molecule has 0 spiro atoms. The van der Waals surface area contributed by atoms with Crippen molar-refractivity contribution in [3.8, 4) is 0 Å². The second-order valence-electron chi connectivity index (χ2n) is 3.51. The van der Waals surface area contributed by atoms with Gasteiger partial charge >= 0.3 is 5.69 Å². The molecule has 2 aromatic rings. The van der Waals surface area contributed by atoms with Gasteiger partial charge in [0.1, 0.15) is 6.29 Å². The molecule has 1 N–H and O–H groups in total. The summed E-state index contributed by atoms with van der Waals surface area (Å²) in [6, 6.07) is 5.17. The quantitative estimate of drug-likeness (QED) is 0.732. The van der Waals surface area contributed by atoms with Crippen molar-refractivity contribution in [3.63, 3.8) is 0 Å². The van der Waals surface area contributed by atoms with Crippen molar-refractivity contribution in [2.45, 2.75) is 13.5 Å². The fraction of sp³-hybridized carbons (Fsp3) is 0.182. The van der Waals surface area contributed by atoms with Crippen molar-refractivity contribution in [2.24, 2.45) is 0 Å². The summed E-state index contributed by atoms with van der Waals surface area (Å²) >= 11 is 0. The van der Waals surface area contributed by atoms with E-state index in [4.69, 9.17) is 0 Å². The van der Waals surface area contributed by atoms with Gasteiger partial charge in [-0.2, -0.15) is 0 Å². The van der Waals surface area contributed by atoms with Gasteiger partial charge < -0.3 is 9.78 Å². The van der Waals surface area contributed by atoms with Gasteiger partial charge in [0.25, 0.3) is 5.56 Å². The number of aromatic nitrogens is 2. The minimum Gasteiger partial charge on any atom is -0.306 e. The van der Waals surface area contributed by atoms with E-state index in [2.05, 4.69) is 4.98 Å². The Bertz CT molecular complexity index is 667. The first kappa shape index (κ1) is 10.4. The van der Waals surface area contributed by atoms with Crippen LogP contribution in [0, 0.1) is 6.92 Å². The van der Waals surface area contributed by atoms with E-state index in [1.807, 2.05) is 13.0 Å². The molecule has 0 aliphatic carbocycles. The number of rotatable bonds is 2. The van der Waals surface area contributed by atoms with Crippen molar-refractivity contribution in [3.05, 3.63) is 44.6 Å². The van der Waals surface area contributed by atoms with Crippen LogP contribution in [-0.2, 0) is 11.3 Å². The number of hydrogen-bond donors (Lipinski definition) is 1. The second kappa shape index (κ2) is 3.77. The Balaban J connectivity index is 2.95. The fourth-order valence-electron chi connectivity index (χ4n) is 1.66. The van der Waals surface area contributed by atoms with Gasteiger partial charge in [0.2, 0.25) is 0 Å². The lowest BCUT2D eigenvalue weighted by Crippen LogP contribution is -2.35. The van der Waals surface area contributed by atoms with Crippen molar-refractivity contribution >= 4 is 17.2 Å². The van der Waals surface area contributed by atoms with Gasteiger partial charge in [0.05, 0.1) is 17.4 Å². The SMILES string of the molecule is Cc1cccc2c(=O)n(CC=O)c(=O)[nH]c12. The van der Waals surface area contributed by atoms with Crippen LogP contribution in [-0.4, -0.2) is 15.8 Å². The summed E-state index contributed by atoms with van der Waals surface area (Å²) in [6.45, 7) is 1.58. The number of aromatic amines is 1. The monoisotopic (exact) mass is 218 g/mol. The van der Waals surface area contributed by atoms with E-state index in [9.17, 15) is 14.4 Å². The Labute approximate surface area is 90.3 Å². The zero-order chi connectivity index (χ0) is 11.7. The number of fused-ring (bicyclic) bond motifs is 1. The minimum atomic E-state index is -0.557. The van der Waals surface area contributed by atoms with Gasteiger partial charge in [-0.05, 0) is 18.6 Å². The van der Waals surface area contributed by atoms with Gasteiger partial charge in [0, 0.05) is 0 Å². The summed E-state index contributed by atoms with van der Waals surface area (Å²) in [5.41, 5.74) is 0.359. The molecule has 5 heteroatoms. The number of aldehydes is 1. The number of nitrogens with zero attached hydrogens (tertiary/aromatic N) is 1. The maximum Gasteiger partial charge on any atom is 0.329 e. The summed E-state index contributed by atoms with van der Waals surface area (Å²) in [6.07, 6.45) is 0.526. The van der Waals surface area contributed by atoms with Gasteiger partial charge in [-0.25, -0.2) is 4.79 Å². The molecule has 1 aromatic carbocycles. The predicted molar refractivity (Wildman–Crippen MR) is 59.6 cm³/mol. The standard InChI is InChI=1S/C11H10N2O3/c1-7-3-2-4-8-9(7)12-11(16)13(5-6-14)10(8)15/h2-4,6H,5H2,1H3,(H,12,16). The fourth-order valence-corrected chi connectivity index (χ4v) is 1.66. The zero-order valence-corrected chi connectivity index (χ0v) is 8.69. The lowest BCUT2D eigenvalue weighted by Gasteiger charge is -2.04. The van der Waals surface area contributed by atoms with Crippen molar-refractivity contribution in [1.29, 1.82) is 0 Å². The molecule has 1 aromatic heterocycles. The van der Waals surface area contributed by atoms with E-state index in [0.29, 0.717) is 17.2 Å². The maximum atomic E-state index is 11.9. The lowest BCUT2D eigenvalue weighted by molar-refractivity contribution is -0.108. The van der Waals surface area contributed by atoms with Crippen LogP contribution in [0.25, 0.3) is 10.9 Å². The molecular weight excluding hydrogens is 208 g/mol. The van der Waals surface area contributed by atoms with E-state index in [0.717, 1.165) is 10.1 Å². The van der Waals surface area contributed by atoms with Crippen LogP contribution >= 0.6 is 0 Å². The first-order valence-corrected chi connectivity index (χ1v) is 4.81. The van der Waals surface area contributed by atoms with E-state index >= 15 is 0 Å². The average molecular weight is 218 g/mol. The number of nitrogens with one attached hydrogen (secondary N) is 1. The Morgan fingerprint density at radius 3 is 2.81 bits per heavy atom. The molecule has 0 fully saturated rings. The third-order valence-electron chi connectivity index (χ3n) is 2.48. The first-order valence-electron chi connectivity index (χ1n) is 4.81. The summed E-state index contributed by atoms with van der Waals surface area (Å²) in [7, 11) is 0. The number of aryl methyl sites for hydroxylation is 1. The third kappa shape index (κ3) is 1.46. The van der Waals surface area contributed by atoms with Crippen LogP contribution < -0.4 is 11.2 Å². The molecule has 0 atom stereocenters. The maximum absolute atomic E-state index is 11.9. The van der Waals surface area contributed by atoms with Crippen molar-refractivity contribution in [1.82, 2.24) is 9.55 Å². The number of carbonyl (C=O) groups is 1. The summed E-state index contributed by atoms with van der Waals surface area (Å²) in [5.74, 6) is 0. The largest absolute Gasteiger partial charge is 0.329 e.